The molecule has 1 atom stereocenters. The molecule has 0 saturated carbocycles. The van der Waals surface area contributed by atoms with Crippen LogP contribution in [0.15, 0.2) is 60.7 Å². The average Bonchev–Trinajstić information content (AvgIpc) is 2.58. The lowest BCUT2D eigenvalue weighted by Gasteiger charge is -2.17. The Morgan fingerprint density at radius 1 is 0.958 bits per heavy atom. The van der Waals surface area contributed by atoms with Crippen molar-refractivity contribution in [1.82, 2.24) is 0 Å². The standard InChI is InChI=1S/C21H21NO2/c1-14-8-9-15(2)20(12-14)24-16(3)21(23)22-19-11-10-17-6-4-5-7-18(17)13-19/h4-13,16H,1-3H3,(H,22,23). The Bertz CT molecular complexity index is 886. The molecule has 122 valence electrons. The molecule has 0 aliphatic carbocycles. The highest BCUT2D eigenvalue weighted by atomic mass is 16.5. The van der Waals surface area contributed by atoms with Crippen LogP contribution in [0, 0.1) is 13.8 Å². The minimum atomic E-state index is -0.572. The third kappa shape index (κ3) is 3.57. The molecule has 1 unspecified atom stereocenters. The van der Waals surface area contributed by atoms with Crippen LogP contribution in [0.4, 0.5) is 5.69 Å². The van der Waals surface area contributed by atoms with Crippen molar-refractivity contribution in [3.63, 3.8) is 0 Å². The molecular formula is C21H21NO2. The number of carbonyl (C=O) groups is 1. The molecule has 3 nitrogen and oxygen atoms in total. The molecule has 3 aromatic rings. The first-order valence-corrected chi connectivity index (χ1v) is 8.06. The second kappa shape index (κ2) is 6.75. The van der Waals surface area contributed by atoms with Gasteiger partial charge in [0.25, 0.3) is 5.91 Å². The van der Waals surface area contributed by atoms with Crippen LogP contribution in [0.1, 0.15) is 18.1 Å². The minimum absolute atomic E-state index is 0.161. The van der Waals surface area contributed by atoms with Gasteiger partial charge in [-0.25, -0.2) is 0 Å². The van der Waals surface area contributed by atoms with Gasteiger partial charge in [0.1, 0.15) is 5.75 Å². The van der Waals surface area contributed by atoms with E-state index in [9.17, 15) is 4.79 Å². The fraction of sp³-hybridized carbons (Fsp3) is 0.190. The number of rotatable bonds is 4. The summed E-state index contributed by atoms with van der Waals surface area (Å²) in [4.78, 5) is 12.4. The van der Waals surface area contributed by atoms with Crippen LogP contribution in [0.2, 0.25) is 0 Å². The normalized spacial score (nSPS) is 12.0. The van der Waals surface area contributed by atoms with E-state index in [4.69, 9.17) is 4.74 Å². The van der Waals surface area contributed by atoms with E-state index in [-0.39, 0.29) is 5.91 Å². The maximum absolute atomic E-state index is 12.4. The third-order valence-corrected chi connectivity index (χ3v) is 4.03. The number of aryl methyl sites for hydroxylation is 2. The number of amides is 1. The zero-order valence-electron chi connectivity index (χ0n) is 14.2. The molecule has 1 N–H and O–H groups in total. The summed E-state index contributed by atoms with van der Waals surface area (Å²) in [5.41, 5.74) is 2.90. The van der Waals surface area contributed by atoms with Gasteiger partial charge in [0.2, 0.25) is 0 Å². The predicted molar refractivity (Wildman–Crippen MR) is 98.6 cm³/mol. The predicted octanol–water partition coefficient (Wildman–Crippen LogP) is 4.86. The zero-order valence-corrected chi connectivity index (χ0v) is 14.2. The fourth-order valence-corrected chi connectivity index (χ4v) is 2.59. The van der Waals surface area contributed by atoms with Crippen molar-refractivity contribution in [3.05, 3.63) is 71.8 Å². The first kappa shape index (κ1) is 16.1. The van der Waals surface area contributed by atoms with E-state index in [0.717, 1.165) is 33.3 Å². The van der Waals surface area contributed by atoms with Crippen LogP contribution < -0.4 is 10.1 Å². The summed E-state index contributed by atoms with van der Waals surface area (Å²) in [6, 6.07) is 19.9. The Balaban J connectivity index is 1.72. The summed E-state index contributed by atoms with van der Waals surface area (Å²) in [5.74, 6) is 0.586. The molecule has 0 fully saturated rings. The lowest BCUT2D eigenvalue weighted by Crippen LogP contribution is -2.30. The van der Waals surface area contributed by atoms with Crippen LogP contribution in [-0.4, -0.2) is 12.0 Å². The van der Waals surface area contributed by atoms with E-state index < -0.39 is 6.10 Å². The highest BCUT2D eigenvalue weighted by molar-refractivity contribution is 5.96. The SMILES string of the molecule is Cc1ccc(C)c(OC(C)C(=O)Nc2ccc3ccccc3c2)c1. The molecule has 3 aromatic carbocycles. The number of benzene rings is 3. The third-order valence-electron chi connectivity index (χ3n) is 4.03. The number of hydrogen-bond donors (Lipinski definition) is 1. The van der Waals surface area contributed by atoms with Gasteiger partial charge in [-0.2, -0.15) is 0 Å². The molecule has 0 spiro atoms. The Kier molecular flexibility index (Phi) is 4.52. The Morgan fingerprint density at radius 2 is 1.71 bits per heavy atom. The summed E-state index contributed by atoms with van der Waals surface area (Å²) in [6.07, 6.45) is -0.572. The first-order chi connectivity index (χ1) is 11.5. The van der Waals surface area contributed by atoms with Gasteiger partial charge in [0.15, 0.2) is 6.10 Å². The summed E-state index contributed by atoms with van der Waals surface area (Å²) in [7, 11) is 0. The lowest BCUT2D eigenvalue weighted by molar-refractivity contribution is -0.122. The largest absolute Gasteiger partial charge is 0.481 e. The second-order valence-electron chi connectivity index (χ2n) is 6.08. The van der Waals surface area contributed by atoms with Gasteiger partial charge in [-0.3, -0.25) is 4.79 Å². The highest BCUT2D eigenvalue weighted by Crippen LogP contribution is 2.22. The summed E-state index contributed by atoms with van der Waals surface area (Å²) in [6.45, 7) is 5.74. The van der Waals surface area contributed by atoms with Crippen LogP contribution in [0.3, 0.4) is 0 Å². The topological polar surface area (TPSA) is 38.3 Å². The Labute approximate surface area is 142 Å². The lowest BCUT2D eigenvalue weighted by atomic mass is 10.1. The van der Waals surface area contributed by atoms with Gasteiger partial charge in [-0.15, -0.1) is 0 Å². The number of nitrogens with one attached hydrogen (secondary N) is 1. The molecule has 0 bridgehead atoms. The first-order valence-electron chi connectivity index (χ1n) is 8.06. The number of ether oxygens (including phenoxy) is 1. The van der Waals surface area contributed by atoms with E-state index in [0.29, 0.717) is 0 Å². The monoisotopic (exact) mass is 319 g/mol. The van der Waals surface area contributed by atoms with Crippen LogP contribution >= 0.6 is 0 Å². The van der Waals surface area contributed by atoms with Crippen molar-refractivity contribution in [2.75, 3.05) is 5.32 Å². The number of hydrogen-bond acceptors (Lipinski definition) is 2. The van der Waals surface area contributed by atoms with Gasteiger partial charge in [0.05, 0.1) is 0 Å². The molecule has 24 heavy (non-hydrogen) atoms. The van der Waals surface area contributed by atoms with Gasteiger partial charge >= 0.3 is 0 Å². The van der Waals surface area contributed by atoms with Gasteiger partial charge in [-0.1, -0.05) is 42.5 Å². The van der Waals surface area contributed by atoms with E-state index in [1.807, 2.05) is 74.5 Å². The highest BCUT2D eigenvalue weighted by Gasteiger charge is 2.16. The number of fused-ring (bicyclic) bond motifs is 1. The Hall–Kier alpha value is -2.81. The van der Waals surface area contributed by atoms with Crippen LogP contribution in [-0.2, 0) is 4.79 Å². The van der Waals surface area contributed by atoms with E-state index in [1.54, 1.807) is 6.92 Å². The van der Waals surface area contributed by atoms with E-state index in [2.05, 4.69) is 5.32 Å². The van der Waals surface area contributed by atoms with Crippen molar-refractivity contribution < 1.29 is 9.53 Å². The van der Waals surface area contributed by atoms with Crippen molar-refractivity contribution in [2.45, 2.75) is 26.9 Å². The van der Waals surface area contributed by atoms with E-state index in [1.165, 1.54) is 0 Å². The smallest absolute Gasteiger partial charge is 0.265 e. The molecule has 0 aliphatic rings. The molecule has 1 amide bonds. The molecule has 0 radical (unpaired) electrons. The van der Waals surface area contributed by atoms with Crippen LogP contribution in [0.25, 0.3) is 10.8 Å². The summed E-state index contributed by atoms with van der Waals surface area (Å²) < 4.78 is 5.84. The molecule has 3 rings (SSSR count). The quantitative estimate of drug-likeness (QED) is 0.745. The average molecular weight is 319 g/mol. The maximum atomic E-state index is 12.4. The van der Waals surface area contributed by atoms with Crippen molar-refractivity contribution in [1.29, 1.82) is 0 Å². The molecule has 3 heteroatoms. The van der Waals surface area contributed by atoms with Crippen LogP contribution in [0.5, 0.6) is 5.75 Å². The molecule has 0 heterocycles. The Morgan fingerprint density at radius 3 is 2.50 bits per heavy atom. The molecule has 0 aromatic heterocycles. The fourth-order valence-electron chi connectivity index (χ4n) is 2.59. The van der Waals surface area contributed by atoms with Gasteiger partial charge in [-0.05, 0) is 60.9 Å². The van der Waals surface area contributed by atoms with Crippen molar-refractivity contribution in [3.8, 4) is 5.75 Å². The molecule has 0 saturated heterocycles. The van der Waals surface area contributed by atoms with Gasteiger partial charge < -0.3 is 10.1 Å². The number of carbonyl (C=O) groups excluding carboxylic acids is 1. The summed E-state index contributed by atoms with van der Waals surface area (Å²) in [5, 5.41) is 5.17. The number of anilines is 1. The zero-order chi connectivity index (χ0) is 17.1. The maximum Gasteiger partial charge on any atom is 0.265 e. The van der Waals surface area contributed by atoms with E-state index >= 15 is 0 Å². The molecule has 0 aliphatic heterocycles. The molecular weight excluding hydrogens is 298 g/mol. The minimum Gasteiger partial charge on any atom is -0.481 e. The van der Waals surface area contributed by atoms with Crippen molar-refractivity contribution in [2.24, 2.45) is 0 Å². The summed E-state index contributed by atoms with van der Waals surface area (Å²) >= 11 is 0. The van der Waals surface area contributed by atoms with Gasteiger partial charge in [0, 0.05) is 5.69 Å². The second-order valence-corrected chi connectivity index (χ2v) is 6.08. The van der Waals surface area contributed by atoms with Crippen molar-refractivity contribution >= 4 is 22.4 Å².